The average Bonchev–Trinajstić information content (AvgIpc) is 2.42. The molecule has 0 bridgehead atoms. The maximum absolute atomic E-state index is 11.5. The molecular formula is C16H17NO2. The second-order valence-electron chi connectivity index (χ2n) is 4.29. The fourth-order valence-corrected chi connectivity index (χ4v) is 1.89. The van der Waals surface area contributed by atoms with Crippen LogP contribution in [-0.2, 0) is 11.2 Å². The maximum atomic E-state index is 11.5. The number of nitrogens with two attached hydrogens (primary N) is 1. The summed E-state index contributed by atoms with van der Waals surface area (Å²) in [6.07, 6.45) is 0.760. The van der Waals surface area contributed by atoms with Gasteiger partial charge in [-0.05, 0) is 42.7 Å². The summed E-state index contributed by atoms with van der Waals surface area (Å²) in [5.74, 6) is -0.284. The van der Waals surface area contributed by atoms with E-state index < -0.39 is 0 Å². The highest BCUT2D eigenvalue weighted by Crippen LogP contribution is 2.16. The molecule has 98 valence electrons. The first kappa shape index (κ1) is 13.1. The van der Waals surface area contributed by atoms with Crippen molar-refractivity contribution < 1.29 is 9.53 Å². The van der Waals surface area contributed by atoms with Crippen molar-refractivity contribution in [1.82, 2.24) is 0 Å². The monoisotopic (exact) mass is 255 g/mol. The summed E-state index contributed by atoms with van der Waals surface area (Å²) in [5, 5.41) is 0. The molecule has 2 rings (SSSR count). The van der Waals surface area contributed by atoms with Gasteiger partial charge in [0, 0.05) is 5.69 Å². The van der Waals surface area contributed by atoms with E-state index in [2.05, 4.69) is 0 Å². The minimum absolute atomic E-state index is 0.284. The highest BCUT2D eigenvalue weighted by Gasteiger charge is 2.06. The fraction of sp³-hybridized carbons (Fsp3) is 0.188. The second kappa shape index (κ2) is 6.05. The number of anilines is 1. The SMILES string of the molecule is CCOC(=O)c1ccc(Cc2ccccc2N)cc1. The van der Waals surface area contributed by atoms with Crippen LogP contribution in [-0.4, -0.2) is 12.6 Å². The highest BCUT2D eigenvalue weighted by atomic mass is 16.5. The molecule has 19 heavy (non-hydrogen) atoms. The maximum Gasteiger partial charge on any atom is 0.338 e. The molecule has 0 radical (unpaired) electrons. The summed E-state index contributed by atoms with van der Waals surface area (Å²) in [4.78, 5) is 11.5. The van der Waals surface area contributed by atoms with Crippen LogP contribution in [0.15, 0.2) is 48.5 Å². The summed E-state index contributed by atoms with van der Waals surface area (Å²) >= 11 is 0. The number of carbonyl (C=O) groups is 1. The molecule has 3 nitrogen and oxygen atoms in total. The molecule has 2 aromatic carbocycles. The molecular weight excluding hydrogens is 238 g/mol. The molecule has 0 spiro atoms. The molecule has 0 aliphatic rings. The van der Waals surface area contributed by atoms with Crippen molar-refractivity contribution >= 4 is 11.7 Å². The van der Waals surface area contributed by atoms with Gasteiger partial charge in [0.1, 0.15) is 0 Å². The molecule has 0 saturated heterocycles. The number of para-hydroxylation sites is 1. The summed E-state index contributed by atoms with van der Waals surface area (Å²) in [5.41, 5.74) is 9.48. The lowest BCUT2D eigenvalue weighted by molar-refractivity contribution is 0.0526. The molecule has 0 fully saturated rings. The Hall–Kier alpha value is -2.29. The van der Waals surface area contributed by atoms with Crippen molar-refractivity contribution in [2.24, 2.45) is 0 Å². The number of hydrogen-bond acceptors (Lipinski definition) is 3. The Morgan fingerprint density at radius 3 is 2.42 bits per heavy atom. The van der Waals surface area contributed by atoms with E-state index in [1.165, 1.54) is 0 Å². The highest BCUT2D eigenvalue weighted by molar-refractivity contribution is 5.89. The van der Waals surface area contributed by atoms with Crippen LogP contribution in [0, 0.1) is 0 Å². The summed E-state index contributed by atoms with van der Waals surface area (Å²) in [7, 11) is 0. The number of hydrogen-bond donors (Lipinski definition) is 1. The van der Waals surface area contributed by atoms with Gasteiger partial charge in [-0.3, -0.25) is 0 Å². The first-order chi connectivity index (χ1) is 9.20. The van der Waals surface area contributed by atoms with Crippen LogP contribution < -0.4 is 5.73 Å². The van der Waals surface area contributed by atoms with Crippen molar-refractivity contribution in [1.29, 1.82) is 0 Å². The molecule has 0 aliphatic carbocycles. The van der Waals surface area contributed by atoms with Crippen molar-refractivity contribution in [2.75, 3.05) is 12.3 Å². The van der Waals surface area contributed by atoms with Crippen molar-refractivity contribution in [3.8, 4) is 0 Å². The van der Waals surface area contributed by atoms with Gasteiger partial charge in [0.05, 0.1) is 12.2 Å². The van der Waals surface area contributed by atoms with Gasteiger partial charge in [0.2, 0.25) is 0 Å². The lowest BCUT2D eigenvalue weighted by Crippen LogP contribution is -2.04. The zero-order valence-corrected chi connectivity index (χ0v) is 10.9. The van der Waals surface area contributed by atoms with E-state index in [0.29, 0.717) is 12.2 Å². The molecule has 0 amide bonds. The van der Waals surface area contributed by atoms with Gasteiger partial charge in [-0.25, -0.2) is 4.79 Å². The Labute approximate surface area is 113 Å². The van der Waals surface area contributed by atoms with Crippen LogP contribution in [0.3, 0.4) is 0 Å². The molecule has 2 aromatic rings. The number of carbonyl (C=O) groups excluding carboxylic acids is 1. The van der Waals surface area contributed by atoms with Gasteiger partial charge in [-0.2, -0.15) is 0 Å². The Balaban J connectivity index is 2.11. The molecule has 0 heterocycles. The van der Waals surface area contributed by atoms with Crippen LogP contribution in [0.25, 0.3) is 0 Å². The molecule has 0 aromatic heterocycles. The second-order valence-corrected chi connectivity index (χ2v) is 4.29. The number of ether oxygens (including phenoxy) is 1. The largest absolute Gasteiger partial charge is 0.462 e. The van der Waals surface area contributed by atoms with Gasteiger partial charge in [0.25, 0.3) is 0 Å². The van der Waals surface area contributed by atoms with E-state index in [-0.39, 0.29) is 5.97 Å². The lowest BCUT2D eigenvalue weighted by Gasteiger charge is -2.06. The summed E-state index contributed by atoms with van der Waals surface area (Å²) in [6.45, 7) is 2.19. The third-order valence-electron chi connectivity index (χ3n) is 2.91. The predicted octanol–water partition coefficient (Wildman–Crippen LogP) is 3.04. The molecule has 0 atom stereocenters. The van der Waals surface area contributed by atoms with Crippen molar-refractivity contribution in [2.45, 2.75) is 13.3 Å². The van der Waals surface area contributed by atoms with E-state index in [9.17, 15) is 4.79 Å². The summed E-state index contributed by atoms with van der Waals surface area (Å²) in [6, 6.07) is 15.2. The van der Waals surface area contributed by atoms with E-state index in [0.717, 1.165) is 23.2 Å². The Kier molecular flexibility index (Phi) is 4.18. The van der Waals surface area contributed by atoms with Gasteiger partial charge in [-0.1, -0.05) is 30.3 Å². The van der Waals surface area contributed by atoms with E-state index in [1.54, 1.807) is 19.1 Å². The normalized spacial score (nSPS) is 10.2. The lowest BCUT2D eigenvalue weighted by atomic mass is 10.0. The Bertz CT molecular complexity index is 561. The topological polar surface area (TPSA) is 52.3 Å². The molecule has 3 heteroatoms. The molecule has 2 N–H and O–H groups in total. The van der Waals surface area contributed by atoms with Crippen LogP contribution >= 0.6 is 0 Å². The van der Waals surface area contributed by atoms with Gasteiger partial charge in [0.15, 0.2) is 0 Å². The molecule has 0 aliphatic heterocycles. The third-order valence-corrected chi connectivity index (χ3v) is 2.91. The van der Waals surface area contributed by atoms with Crippen molar-refractivity contribution in [3.05, 3.63) is 65.2 Å². The predicted molar refractivity (Wildman–Crippen MR) is 76.1 cm³/mol. The number of benzene rings is 2. The first-order valence-electron chi connectivity index (χ1n) is 6.30. The quantitative estimate of drug-likeness (QED) is 0.675. The van der Waals surface area contributed by atoms with E-state index in [1.807, 2.05) is 36.4 Å². The van der Waals surface area contributed by atoms with E-state index >= 15 is 0 Å². The third kappa shape index (κ3) is 3.35. The smallest absolute Gasteiger partial charge is 0.338 e. The van der Waals surface area contributed by atoms with Gasteiger partial charge < -0.3 is 10.5 Å². The zero-order valence-electron chi connectivity index (χ0n) is 10.9. The van der Waals surface area contributed by atoms with Crippen LogP contribution in [0.4, 0.5) is 5.69 Å². The summed E-state index contributed by atoms with van der Waals surface area (Å²) < 4.78 is 4.95. The minimum Gasteiger partial charge on any atom is -0.462 e. The average molecular weight is 255 g/mol. The number of esters is 1. The molecule has 0 unspecified atom stereocenters. The molecule has 0 saturated carbocycles. The Morgan fingerprint density at radius 2 is 1.79 bits per heavy atom. The standard InChI is InChI=1S/C16H17NO2/c1-2-19-16(18)13-9-7-12(8-10-13)11-14-5-3-4-6-15(14)17/h3-10H,2,11,17H2,1H3. The zero-order chi connectivity index (χ0) is 13.7. The number of nitrogen functional groups attached to an aromatic ring is 1. The minimum atomic E-state index is -0.284. The van der Waals surface area contributed by atoms with Crippen LogP contribution in [0.1, 0.15) is 28.4 Å². The van der Waals surface area contributed by atoms with Gasteiger partial charge in [-0.15, -0.1) is 0 Å². The van der Waals surface area contributed by atoms with Crippen LogP contribution in [0.5, 0.6) is 0 Å². The number of rotatable bonds is 4. The Morgan fingerprint density at radius 1 is 1.11 bits per heavy atom. The van der Waals surface area contributed by atoms with E-state index in [4.69, 9.17) is 10.5 Å². The van der Waals surface area contributed by atoms with Crippen molar-refractivity contribution in [3.63, 3.8) is 0 Å². The van der Waals surface area contributed by atoms with Gasteiger partial charge >= 0.3 is 5.97 Å². The first-order valence-corrected chi connectivity index (χ1v) is 6.30. The van der Waals surface area contributed by atoms with Crippen LogP contribution in [0.2, 0.25) is 0 Å². The fourth-order valence-electron chi connectivity index (χ4n) is 1.89.